The van der Waals surface area contributed by atoms with Crippen LogP contribution in [-0.2, 0) is 4.79 Å². The predicted octanol–water partition coefficient (Wildman–Crippen LogP) is 5.84. The molecule has 0 atom stereocenters. The molecule has 34 heavy (non-hydrogen) atoms. The molecule has 174 valence electrons. The fourth-order valence-corrected chi connectivity index (χ4v) is 4.92. The van der Waals surface area contributed by atoms with Gasteiger partial charge in [-0.15, -0.1) is 0 Å². The molecule has 0 aromatic heterocycles. The predicted molar refractivity (Wildman–Crippen MR) is 143 cm³/mol. The van der Waals surface area contributed by atoms with Crippen LogP contribution in [0.5, 0.6) is 5.75 Å². The van der Waals surface area contributed by atoms with E-state index >= 15 is 0 Å². The van der Waals surface area contributed by atoms with Crippen molar-refractivity contribution >= 4 is 87.7 Å². The largest absolute Gasteiger partial charge is 0.421 e. The Labute approximate surface area is 228 Å². The number of carbonyl (C=O) groups is 3. The van der Waals surface area contributed by atoms with Crippen LogP contribution in [0, 0.1) is 0 Å². The number of benzene rings is 3. The molecule has 0 saturated heterocycles. The van der Waals surface area contributed by atoms with E-state index in [9.17, 15) is 14.4 Å². The summed E-state index contributed by atoms with van der Waals surface area (Å²) in [5.41, 5.74) is 3.54. The molecular weight excluding hydrogens is 702 g/mol. The number of hydrogen-bond acceptors (Lipinski definition) is 5. The Bertz CT molecular complexity index is 1280. The van der Waals surface area contributed by atoms with Crippen LogP contribution in [0.15, 0.2) is 83.7 Å². The van der Waals surface area contributed by atoms with E-state index in [0.717, 1.165) is 0 Å². The smallest absolute Gasteiger partial charge is 0.344 e. The maximum absolute atomic E-state index is 12.7. The van der Waals surface area contributed by atoms with Gasteiger partial charge >= 0.3 is 5.97 Å². The van der Waals surface area contributed by atoms with E-state index in [2.05, 4.69) is 79.6 Å². The Balaban J connectivity index is 1.66. The average molecular weight is 717 g/mol. The summed E-state index contributed by atoms with van der Waals surface area (Å²) < 4.78 is 8.02. The molecule has 0 spiro atoms. The summed E-state index contributed by atoms with van der Waals surface area (Å²) in [5, 5.41) is 6.45. The highest BCUT2D eigenvalue weighted by atomic mass is 79.9. The zero-order chi connectivity index (χ0) is 24.7. The zero-order valence-electron chi connectivity index (χ0n) is 17.2. The summed E-state index contributed by atoms with van der Waals surface area (Å²) >= 11 is 13.4. The summed E-state index contributed by atoms with van der Waals surface area (Å²) in [4.78, 5) is 37.0. The molecule has 0 radical (unpaired) electrons. The molecule has 0 unspecified atom stereocenters. The van der Waals surface area contributed by atoms with Gasteiger partial charge in [0.15, 0.2) is 5.75 Å². The first-order chi connectivity index (χ1) is 16.3. The van der Waals surface area contributed by atoms with Crippen molar-refractivity contribution in [2.45, 2.75) is 0 Å². The number of nitrogens with zero attached hydrogens (tertiary/aromatic N) is 1. The van der Waals surface area contributed by atoms with E-state index in [-0.39, 0.29) is 12.3 Å². The third kappa shape index (κ3) is 7.08. The summed E-state index contributed by atoms with van der Waals surface area (Å²) in [6, 6.07) is 17.2. The van der Waals surface area contributed by atoms with Crippen LogP contribution in [0.2, 0.25) is 0 Å². The maximum Gasteiger partial charge on any atom is 0.344 e. The van der Waals surface area contributed by atoms with Gasteiger partial charge in [0.2, 0.25) is 0 Å². The second-order valence-electron chi connectivity index (χ2n) is 6.63. The Morgan fingerprint density at radius 2 is 1.47 bits per heavy atom. The van der Waals surface area contributed by atoms with Gasteiger partial charge < -0.3 is 10.1 Å². The lowest BCUT2D eigenvalue weighted by molar-refractivity contribution is -0.120. The molecule has 0 saturated carbocycles. The molecular formula is C23H15Br4N3O4. The first-order valence-corrected chi connectivity index (χ1v) is 12.7. The van der Waals surface area contributed by atoms with Crippen molar-refractivity contribution in [3.63, 3.8) is 0 Å². The highest BCUT2D eigenvalue weighted by Gasteiger charge is 2.17. The van der Waals surface area contributed by atoms with Crippen LogP contribution in [0.4, 0.5) is 0 Å². The number of esters is 1. The van der Waals surface area contributed by atoms with E-state index in [0.29, 0.717) is 34.6 Å². The Hall–Kier alpha value is -2.34. The number of rotatable bonds is 7. The third-order valence-electron chi connectivity index (χ3n) is 4.25. The molecule has 0 bridgehead atoms. The van der Waals surface area contributed by atoms with Crippen molar-refractivity contribution in [3.05, 3.63) is 95.2 Å². The van der Waals surface area contributed by atoms with Crippen LogP contribution >= 0.6 is 63.7 Å². The quantitative estimate of drug-likeness (QED) is 0.139. The molecule has 0 fully saturated rings. The first kappa shape index (κ1) is 26.3. The lowest BCUT2D eigenvalue weighted by Crippen LogP contribution is -2.35. The van der Waals surface area contributed by atoms with Gasteiger partial charge in [0, 0.05) is 19.0 Å². The highest BCUT2D eigenvalue weighted by molar-refractivity contribution is 9.11. The molecule has 3 aromatic carbocycles. The van der Waals surface area contributed by atoms with Gasteiger partial charge in [-0.05, 0) is 84.2 Å². The van der Waals surface area contributed by atoms with E-state index in [1.54, 1.807) is 60.7 Å². The van der Waals surface area contributed by atoms with Crippen molar-refractivity contribution in [1.29, 1.82) is 0 Å². The van der Waals surface area contributed by atoms with Crippen LogP contribution in [-0.4, -0.2) is 30.5 Å². The van der Waals surface area contributed by atoms with Crippen molar-refractivity contribution in [2.24, 2.45) is 5.10 Å². The van der Waals surface area contributed by atoms with E-state index in [1.807, 2.05) is 0 Å². The fraction of sp³-hybridized carbons (Fsp3) is 0.0435. The number of carbonyl (C=O) groups excluding carboxylic acids is 3. The lowest BCUT2D eigenvalue weighted by atomic mass is 10.2. The normalized spacial score (nSPS) is 10.7. The van der Waals surface area contributed by atoms with E-state index in [4.69, 9.17) is 4.74 Å². The summed E-state index contributed by atoms with van der Waals surface area (Å²) in [5.74, 6) is -1.27. The van der Waals surface area contributed by atoms with Crippen LogP contribution in [0.25, 0.3) is 0 Å². The van der Waals surface area contributed by atoms with Gasteiger partial charge in [-0.25, -0.2) is 10.2 Å². The minimum absolute atomic E-state index is 0.226. The lowest BCUT2D eigenvalue weighted by Gasteiger charge is -2.11. The molecule has 7 nitrogen and oxygen atoms in total. The number of nitrogens with one attached hydrogen (secondary N) is 2. The molecule has 0 heterocycles. The average Bonchev–Trinajstić information content (AvgIpc) is 2.80. The van der Waals surface area contributed by atoms with Gasteiger partial charge in [-0.1, -0.05) is 40.2 Å². The SMILES string of the molecule is O=C(CNC(=O)c1ccccc1Br)N/N=C/c1cc(Br)cc(Br)c1OC(=O)c1ccccc1Br. The standard InChI is InChI=1S/C23H15Br4N3O4/c24-14-9-13(21(19(27)10-14)34-23(33)16-6-2-4-8-18(16)26)11-29-30-20(31)12-28-22(32)15-5-1-3-7-17(15)25/h1-11H,12H2,(H,28,32)(H,30,31)/b29-11+. The van der Waals surface area contributed by atoms with Crippen molar-refractivity contribution < 1.29 is 19.1 Å². The number of hydrogen-bond donors (Lipinski definition) is 2. The summed E-state index contributed by atoms with van der Waals surface area (Å²) in [6.07, 6.45) is 1.34. The second-order valence-corrected chi connectivity index (χ2v) is 10.1. The molecule has 0 aliphatic rings. The van der Waals surface area contributed by atoms with Crippen LogP contribution < -0.4 is 15.5 Å². The Kier molecular flexibility index (Phi) is 9.57. The topological polar surface area (TPSA) is 96.9 Å². The molecule has 3 rings (SSSR count). The van der Waals surface area contributed by atoms with E-state index < -0.39 is 17.8 Å². The van der Waals surface area contributed by atoms with E-state index in [1.165, 1.54) is 6.21 Å². The number of ether oxygens (including phenoxy) is 1. The summed E-state index contributed by atoms with van der Waals surface area (Å²) in [6.45, 7) is -0.274. The number of amides is 2. The van der Waals surface area contributed by atoms with Gasteiger partial charge in [0.1, 0.15) is 0 Å². The molecule has 2 amide bonds. The van der Waals surface area contributed by atoms with Gasteiger partial charge in [-0.3, -0.25) is 9.59 Å². The second kappa shape index (κ2) is 12.4. The van der Waals surface area contributed by atoms with Crippen molar-refractivity contribution in [2.75, 3.05) is 6.54 Å². The minimum atomic E-state index is -0.566. The Morgan fingerprint density at radius 3 is 2.12 bits per heavy atom. The minimum Gasteiger partial charge on any atom is -0.421 e. The monoisotopic (exact) mass is 713 g/mol. The Morgan fingerprint density at radius 1 is 0.853 bits per heavy atom. The highest BCUT2D eigenvalue weighted by Crippen LogP contribution is 2.33. The van der Waals surface area contributed by atoms with Gasteiger partial charge in [0.25, 0.3) is 11.8 Å². The first-order valence-electron chi connectivity index (χ1n) is 9.56. The van der Waals surface area contributed by atoms with Gasteiger partial charge in [-0.2, -0.15) is 5.10 Å². The van der Waals surface area contributed by atoms with Crippen LogP contribution in [0.1, 0.15) is 26.3 Å². The number of hydrazone groups is 1. The van der Waals surface area contributed by atoms with Gasteiger partial charge in [0.05, 0.1) is 28.4 Å². The molecule has 3 aromatic rings. The van der Waals surface area contributed by atoms with Crippen molar-refractivity contribution in [3.8, 4) is 5.75 Å². The number of halogens is 4. The molecule has 11 heteroatoms. The summed E-state index contributed by atoms with van der Waals surface area (Å²) in [7, 11) is 0. The molecule has 0 aliphatic carbocycles. The fourth-order valence-electron chi connectivity index (χ4n) is 2.67. The van der Waals surface area contributed by atoms with Crippen LogP contribution in [0.3, 0.4) is 0 Å². The zero-order valence-corrected chi connectivity index (χ0v) is 23.5. The third-order valence-corrected chi connectivity index (χ3v) is 6.68. The molecule has 2 N–H and O–H groups in total. The molecule has 0 aliphatic heterocycles. The van der Waals surface area contributed by atoms with Crippen molar-refractivity contribution in [1.82, 2.24) is 10.7 Å². The maximum atomic E-state index is 12.7.